The van der Waals surface area contributed by atoms with E-state index >= 15 is 0 Å². The molecule has 0 bridgehead atoms. The first kappa shape index (κ1) is 11.3. The van der Waals surface area contributed by atoms with Crippen LogP contribution in [0.2, 0.25) is 0 Å². The molecule has 4 heteroatoms. The van der Waals surface area contributed by atoms with Gasteiger partial charge in [0, 0.05) is 12.1 Å². The van der Waals surface area contributed by atoms with E-state index in [0.29, 0.717) is 18.7 Å². The summed E-state index contributed by atoms with van der Waals surface area (Å²) < 4.78 is 5.32. The number of rotatable bonds is 2. The molecule has 2 aliphatic rings. The van der Waals surface area contributed by atoms with Gasteiger partial charge in [0.2, 0.25) is 6.41 Å². The van der Waals surface area contributed by atoms with E-state index in [2.05, 4.69) is 23.8 Å². The minimum Gasteiger partial charge on any atom is -0.356 e. The molecule has 0 radical (unpaired) electrons. The van der Waals surface area contributed by atoms with E-state index in [1.807, 2.05) is 0 Å². The van der Waals surface area contributed by atoms with Gasteiger partial charge >= 0.3 is 0 Å². The van der Waals surface area contributed by atoms with Crippen LogP contribution in [0.15, 0.2) is 0 Å². The molecule has 2 atom stereocenters. The quantitative estimate of drug-likeness (QED) is 0.725. The molecule has 0 saturated carbocycles. The molecule has 0 amide bonds. The SMILES string of the molecule is CC[C@H]1COC(O)N1C1CCN(C)CC1. The van der Waals surface area contributed by atoms with Crippen LogP contribution in [0, 0.1) is 0 Å². The van der Waals surface area contributed by atoms with Crippen LogP contribution in [-0.2, 0) is 4.74 Å². The van der Waals surface area contributed by atoms with Crippen LogP contribution in [0.1, 0.15) is 26.2 Å². The average molecular weight is 214 g/mol. The Morgan fingerprint density at radius 1 is 1.33 bits per heavy atom. The lowest BCUT2D eigenvalue weighted by Gasteiger charge is -2.38. The van der Waals surface area contributed by atoms with Crippen LogP contribution < -0.4 is 0 Å². The van der Waals surface area contributed by atoms with Gasteiger partial charge in [-0.2, -0.15) is 0 Å². The third-order valence-corrected chi connectivity index (χ3v) is 3.70. The van der Waals surface area contributed by atoms with Gasteiger partial charge in [0.1, 0.15) is 0 Å². The van der Waals surface area contributed by atoms with E-state index in [9.17, 15) is 5.11 Å². The Morgan fingerprint density at radius 3 is 2.60 bits per heavy atom. The fourth-order valence-corrected chi connectivity index (χ4v) is 2.65. The highest BCUT2D eigenvalue weighted by atomic mass is 16.6. The summed E-state index contributed by atoms with van der Waals surface area (Å²) in [4.78, 5) is 4.52. The highest BCUT2D eigenvalue weighted by Gasteiger charge is 2.37. The molecule has 1 N–H and O–H groups in total. The lowest BCUT2D eigenvalue weighted by molar-refractivity contribution is -0.153. The van der Waals surface area contributed by atoms with Crippen molar-refractivity contribution in [2.75, 3.05) is 26.7 Å². The molecule has 4 nitrogen and oxygen atoms in total. The van der Waals surface area contributed by atoms with Crippen LogP contribution in [0.4, 0.5) is 0 Å². The van der Waals surface area contributed by atoms with Gasteiger partial charge in [-0.1, -0.05) is 6.92 Å². The molecule has 88 valence electrons. The van der Waals surface area contributed by atoms with Crippen molar-refractivity contribution in [1.29, 1.82) is 0 Å². The van der Waals surface area contributed by atoms with Crippen LogP contribution >= 0.6 is 0 Å². The third-order valence-electron chi connectivity index (χ3n) is 3.70. The van der Waals surface area contributed by atoms with E-state index in [1.54, 1.807) is 0 Å². The van der Waals surface area contributed by atoms with E-state index in [-0.39, 0.29) is 0 Å². The van der Waals surface area contributed by atoms with Gasteiger partial charge in [-0.25, -0.2) is 4.90 Å². The van der Waals surface area contributed by atoms with Crippen LogP contribution in [0.5, 0.6) is 0 Å². The molecule has 2 fully saturated rings. The van der Waals surface area contributed by atoms with Gasteiger partial charge < -0.3 is 14.7 Å². The van der Waals surface area contributed by atoms with Crippen LogP contribution in [-0.4, -0.2) is 60.1 Å². The van der Waals surface area contributed by atoms with Gasteiger partial charge in [0.25, 0.3) is 0 Å². The molecule has 0 aromatic rings. The fraction of sp³-hybridized carbons (Fsp3) is 1.00. The van der Waals surface area contributed by atoms with Crippen molar-refractivity contribution >= 4 is 0 Å². The standard InChI is InChI=1S/C11H22N2O2/c1-3-9-8-15-11(14)13(9)10-4-6-12(2)7-5-10/h9-11,14H,3-8H2,1-2H3/t9-,11?/m0/s1. The van der Waals surface area contributed by atoms with Crippen molar-refractivity contribution in [2.45, 2.75) is 44.7 Å². The Hall–Kier alpha value is -0.160. The number of hydrogen-bond acceptors (Lipinski definition) is 4. The summed E-state index contributed by atoms with van der Waals surface area (Å²) in [7, 11) is 2.16. The molecular formula is C11H22N2O2. The molecule has 0 aromatic heterocycles. The molecule has 2 heterocycles. The maximum absolute atomic E-state index is 9.80. The second-order valence-corrected chi connectivity index (χ2v) is 4.70. The van der Waals surface area contributed by atoms with Crippen LogP contribution in [0.3, 0.4) is 0 Å². The van der Waals surface area contributed by atoms with Crippen molar-refractivity contribution in [3.05, 3.63) is 0 Å². The van der Waals surface area contributed by atoms with Crippen molar-refractivity contribution in [2.24, 2.45) is 0 Å². The Kier molecular flexibility index (Phi) is 3.61. The Morgan fingerprint density at radius 2 is 2.00 bits per heavy atom. The van der Waals surface area contributed by atoms with E-state index < -0.39 is 6.41 Å². The number of aliphatic hydroxyl groups is 1. The minimum absolute atomic E-state index is 0.411. The normalized spacial score (nSPS) is 36.2. The Labute approximate surface area is 91.8 Å². The largest absolute Gasteiger partial charge is 0.356 e. The van der Waals surface area contributed by atoms with Gasteiger partial charge in [-0.3, -0.25) is 0 Å². The molecule has 0 aromatic carbocycles. The number of hydrogen-bond donors (Lipinski definition) is 1. The van der Waals surface area contributed by atoms with E-state index in [1.165, 1.54) is 0 Å². The van der Waals surface area contributed by atoms with Crippen molar-refractivity contribution in [3.8, 4) is 0 Å². The molecule has 2 rings (SSSR count). The van der Waals surface area contributed by atoms with E-state index in [4.69, 9.17) is 4.74 Å². The third kappa shape index (κ3) is 2.33. The molecule has 15 heavy (non-hydrogen) atoms. The molecule has 0 spiro atoms. The smallest absolute Gasteiger partial charge is 0.216 e. The maximum atomic E-state index is 9.80. The monoisotopic (exact) mass is 214 g/mol. The first-order valence-electron chi connectivity index (χ1n) is 5.98. The molecule has 1 unspecified atom stereocenters. The molecular weight excluding hydrogens is 192 g/mol. The van der Waals surface area contributed by atoms with E-state index in [0.717, 1.165) is 32.4 Å². The number of piperidine rings is 1. The predicted molar refractivity (Wildman–Crippen MR) is 58.4 cm³/mol. The number of aliphatic hydroxyl groups excluding tert-OH is 1. The highest BCUT2D eigenvalue weighted by molar-refractivity contribution is 4.85. The second-order valence-electron chi connectivity index (χ2n) is 4.70. The summed E-state index contributed by atoms with van der Waals surface area (Å²) >= 11 is 0. The average Bonchev–Trinajstić information content (AvgIpc) is 2.61. The summed E-state index contributed by atoms with van der Waals surface area (Å²) in [6.07, 6.45) is 2.69. The summed E-state index contributed by atoms with van der Waals surface area (Å²) in [5.41, 5.74) is 0. The fourth-order valence-electron chi connectivity index (χ4n) is 2.65. The zero-order valence-electron chi connectivity index (χ0n) is 9.72. The van der Waals surface area contributed by atoms with Gasteiger partial charge in [0.05, 0.1) is 6.61 Å². The molecule has 0 aliphatic carbocycles. The predicted octanol–water partition coefficient (Wildman–Crippen LogP) is 0.467. The summed E-state index contributed by atoms with van der Waals surface area (Å²) in [5, 5.41) is 9.80. The van der Waals surface area contributed by atoms with Gasteiger partial charge in [-0.05, 0) is 39.4 Å². The lowest BCUT2D eigenvalue weighted by Crippen LogP contribution is -2.49. The lowest BCUT2D eigenvalue weighted by atomic mass is 10.0. The Bertz CT molecular complexity index is 205. The molecule has 2 saturated heterocycles. The number of nitrogens with zero attached hydrogens (tertiary/aromatic N) is 2. The zero-order chi connectivity index (χ0) is 10.8. The first-order valence-corrected chi connectivity index (χ1v) is 5.98. The van der Waals surface area contributed by atoms with Gasteiger partial charge in [-0.15, -0.1) is 0 Å². The number of ether oxygens (including phenoxy) is 1. The first-order chi connectivity index (χ1) is 7.22. The minimum atomic E-state index is -0.664. The maximum Gasteiger partial charge on any atom is 0.216 e. The molecule has 2 aliphatic heterocycles. The number of likely N-dealkylation sites (tertiary alicyclic amines) is 1. The second kappa shape index (κ2) is 4.78. The zero-order valence-corrected chi connectivity index (χ0v) is 9.72. The summed E-state index contributed by atoms with van der Waals surface area (Å²) in [5.74, 6) is 0. The summed E-state index contributed by atoms with van der Waals surface area (Å²) in [6, 6.07) is 0.914. The van der Waals surface area contributed by atoms with Crippen molar-refractivity contribution in [3.63, 3.8) is 0 Å². The Balaban J connectivity index is 1.96. The highest BCUT2D eigenvalue weighted by Crippen LogP contribution is 2.26. The van der Waals surface area contributed by atoms with Crippen LogP contribution in [0.25, 0.3) is 0 Å². The van der Waals surface area contributed by atoms with Crippen molar-refractivity contribution in [1.82, 2.24) is 9.80 Å². The topological polar surface area (TPSA) is 35.9 Å². The van der Waals surface area contributed by atoms with Gasteiger partial charge in [0.15, 0.2) is 0 Å². The summed E-state index contributed by atoms with van der Waals surface area (Å²) in [6.45, 7) is 5.10. The van der Waals surface area contributed by atoms with Crippen molar-refractivity contribution < 1.29 is 9.84 Å².